The molecule has 2 heterocycles. The molecule has 116 valence electrons. The number of benzene rings is 1. The summed E-state index contributed by atoms with van der Waals surface area (Å²) in [5.74, 6) is 0.981. The molecule has 1 aromatic carbocycles. The van der Waals surface area contributed by atoms with E-state index in [0.29, 0.717) is 6.04 Å². The summed E-state index contributed by atoms with van der Waals surface area (Å²) in [4.78, 5) is 2.68. The average Bonchev–Trinajstić information content (AvgIpc) is 2.92. The van der Waals surface area contributed by atoms with Crippen LogP contribution >= 0.6 is 0 Å². The topological polar surface area (TPSA) is 24.5 Å². The second-order valence-corrected chi connectivity index (χ2v) is 6.75. The smallest absolute Gasteiger partial charge is 0.120 e. The maximum atomic E-state index is 5.77. The number of fused-ring (bicyclic) bond motifs is 1. The molecule has 2 aliphatic heterocycles. The molecule has 2 atom stereocenters. The van der Waals surface area contributed by atoms with Gasteiger partial charge < -0.3 is 15.0 Å². The van der Waals surface area contributed by atoms with Crippen LogP contribution in [-0.4, -0.2) is 36.2 Å². The van der Waals surface area contributed by atoms with Crippen molar-refractivity contribution >= 4 is 0 Å². The summed E-state index contributed by atoms with van der Waals surface area (Å²) in [7, 11) is 0. The first kappa shape index (κ1) is 14.9. The molecular weight excluding hydrogens is 260 g/mol. The molecule has 3 nitrogen and oxygen atoms in total. The summed E-state index contributed by atoms with van der Waals surface area (Å²) in [6.07, 6.45) is 5.64. The molecule has 2 aliphatic rings. The van der Waals surface area contributed by atoms with Crippen molar-refractivity contribution in [3.63, 3.8) is 0 Å². The van der Waals surface area contributed by atoms with Gasteiger partial charge in [0.25, 0.3) is 0 Å². The van der Waals surface area contributed by atoms with Gasteiger partial charge in [-0.25, -0.2) is 0 Å². The normalized spacial score (nSPS) is 26.0. The summed E-state index contributed by atoms with van der Waals surface area (Å²) < 4.78 is 5.77. The number of hydrogen-bond donors (Lipinski definition) is 1. The SMILES string of the molecule is CC(C)Oc1cccc(CNC2CCN3CCCC3C2)c1. The lowest BCUT2D eigenvalue weighted by Gasteiger charge is -2.35. The molecule has 2 unspecified atom stereocenters. The van der Waals surface area contributed by atoms with Crippen molar-refractivity contribution in [3.8, 4) is 5.75 Å². The Hall–Kier alpha value is -1.06. The molecule has 0 aromatic heterocycles. The van der Waals surface area contributed by atoms with Crippen LogP contribution in [0.1, 0.15) is 45.1 Å². The standard InChI is InChI=1S/C18H28N2O/c1-14(2)21-18-7-3-5-15(11-18)13-19-16-8-10-20-9-4-6-17(20)12-16/h3,5,7,11,14,16-17,19H,4,6,8-10,12-13H2,1-2H3. The molecule has 0 amide bonds. The lowest BCUT2D eigenvalue weighted by molar-refractivity contribution is 0.166. The van der Waals surface area contributed by atoms with Crippen LogP contribution in [0.25, 0.3) is 0 Å². The molecule has 21 heavy (non-hydrogen) atoms. The van der Waals surface area contributed by atoms with Crippen molar-refractivity contribution in [1.82, 2.24) is 10.2 Å². The van der Waals surface area contributed by atoms with Crippen molar-refractivity contribution in [2.45, 2.75) is 64.3 Å². The summed E-state index contributed by atoms with van der Waals surface area (Å²) in [6.45, 7) is 7.69. The summed E-state index contributed by atoms with van der Waals surface area (Å²) >= 11 is 0. The maximum absolute atomic E-state index is 5.77. The quantitative estimate of drug-likeness (QED) is 0.900. The zero-order chi connectivity index (χ0) is 14.7. The number of rotatable bonds is 5. The van der Waals surface area contributed by atoms with E-state index < -0.39 is 0 Å². The van der Waals surface area contributed by atoms with Gasteiger partial charge in [0, 0.05) is 18.6 Å². The Morgan fingerprint density at radius 2 is 2.19 bits per heavy atom. The van der Waals surface area contributed by atoms with Gasteiger partial charge in [-0.1, -0.05) is 12.1 Å². The largest absolute Gasteiger partial charge is 0.491 e. The predicted octanol–water partition coefficient (Wildman–Crippen LogP) is 3.19. The zero-order valence-electron chi connectivity index (χ0n) is 13.3. The highest BCUT2D eigenvalue weighted by Crippen LogP contribution is 2.27. The number of piperidine rings is 1. The van der Waals surface area contributed by atoms with E-state index >= 15 is 0 Å². The number of ether oxygens (including phenoxy) is 1. The number of nitrogens with one attached hydrogen (secondary N) is 1. The minimum atomic E-state index is 0.236. The lowest BCUT2D eigenvalue weighted by atomic mass is 9.97. The first-order chi connectivity index (χ1) is 10.2. The maximum Gasteiger partial charge on any atom is 0.120 e. The Labute approximate surface area is 128 Å². The Bertz CT molecular complexity index is 460. The van der Waals surface area contributed by atoms with Crippen molar-refractivity contribution in [3.05, 3.63) is 29.8 Å². The third-order valence-corrected chi connectivity index (χ3v) is 4.69. The van der Waals surface area contributed by atoms with Crippen LogP contribution < -0.4 is 10.1 Å². The highest BCUT2D eigenvalue weighted by Gasteiger charge is 2.31. The fraction of sp³-hybridized carbons (Fsp3) is 0.667. The molecule has 2 fully saturated rings. The highest BCUT2D eigenvalue weighted by atomic mass is 16.5. The third-order valence-electron chi connectivity index (χ3n) is 4.69. The van der Waals surface area contributed by atoms with Gasteiger partial charge in [0.05, 0.1) is 6.10 Å². The minimum absolute atomic E-state index is 0.236. The first-order valence-corrected chi connectivity index (χ1v) is 8.44. The van der Waals surface area contributed by atoms with Crippen LogP contribution in [0, 0.1) is 0 Å². The van der Waals surface area contributed by atoms with Gasteiger partial charge in [-0.15, -0.1) is 0 Å². The Morgan fingerprint density at radius 1 is 1.29 bits per heavy atom. The van der Waals surface area contributed by atoms with Crippen molar-refractivity contribution in [2.24, 2.45) is 0 Å². The van der Waals surface area contributed by atoms with Gasteiger partial charge in [0.1, 0.15) is 5.75 Å². The third kappa shape index (κ3) is 3.98. The van der Waals surface area contributed by atoms with Gasteiger partial charge in [0.2, 0.25) is 0 Å². The van der Waals surface area contributed by atoms with Crippen LogP contribution in [0.3, 0.4) is 0 Å². The predicted molar refractivity (Wildman–Crippen MR) is 86.7 cm³/mol. The van der Waals surface area contributed by atoms with Gasteiger partial charge in [0.15, 0.2) is 0 Å². The van der Waals surface area contributed by atoms with E-state index in [0.717, 1.165) is 18.3 Å². The molecule has 0 saturated carbocycles. The lowest BCUT2D eigenvalue weighted by Crippen LogP contribution is -2.45. The van der Waals surface area contributed by atoms with E-state index in [1.165, 1.54) is 44.3 Å². The van der Waals surface area contributed by atoms with Crippen LogP contribution in [0.2, 0.25) is 0 Å². The van der Waals surface area contributed by atoms with Gasteiger partial charge in [-0.3, -0.25) is 0 Å². The van der Waals surface area contributed by atoms with Crippen LogP contribution in [0.4, 0.5) is 0 Å². The molecule has 3 rings (SSSR count). The van der Waals surface area contributed by atoms with Gasteiger partial charge in [-0.2, -0.15) is 0 Å². The monoisotopic (exact) mass is 288 g/mol. The van der Waals surface area contributed by atoms with E-state index in [-0.39, 0.29) is 6.10 Å². The Kier molecular flexibility index (Phi) is 4.81. The molecular formula is C18H28N2O. The summed E-state index contributed by atoms with van der Waals surface area (Å²) in [5.41, 5.74) is 1.32. The second kappa shape index (κ2) is 6.80. The Morgan fingerprint density at radius 3 is 3.05 bits per heavy atom. The van der Waals surface area contributed by atoms with Crippen molar-refractivity contribution < 1.29 is 4.74 Å². The average molecular weight is 288 g/mol. The molecule has 0 spiro atoms. The minimum Gasteiger partial charge on any atom is -0.491 e. The molecule has 0 radical (unpaired) electrons. The molecule has 1 N–H and O–H groups in total. The van der Waals surface area contributed by atoms with Crippen molar-refractivity contribution in [1.29, 1.82) is 0 Å². The van der Waals surface area contributed by atoms with E-state index in [1.54, 1.807) is 0 Å². The number of hydrogen-bond acceptors (Lipinski definition) is 3. The summed E-state index contributed by atoms with van der Waals surface area (Å²) in [6, 6.07) is 10.0. The van der Waals surface area contributed by atoms with Gasteiger partial charge in [-0.05, 0) is 70.3 Å². The van der Waals surface area contributed by atoms with E-state index in [9.17, 15) is 0 Å². The van der Waals surface area contributed by atoms with Crippen LogP contribution in [0.15, 0.2) is 24.3 Å². The van der Waals surface area contributed by atoms with E-state index in [4.69, 9.17) is 4.74 Å². The van der Waals surface area contributed by atoms with Crippen molar-refractivity contribution in [2.75, 3.05) is 13.1 Å². The van der Waals surface area contributed by atoms with E-state index in [2.05, 4.69) is 42.3 Å². The summed E-state index contributed by atoms with van der Waals surface area (Å²) in [5, 5.41) is 3.75. The molecule has 3 heteroatoms. The molecule has 0 aliphatic carbocycles. The highest BCUT2D eigenvalue weighted by molar-refractivity contribution is 5.28. The Balaban J connectivity index is 1.50. The van der Waals surface area contributed by atoms with Crippen LogP contribution in [-0.2, 0) is 6.54 Å². The molecule has 0 bridgehead atoms. The molecule has 2 saturated heterocycles. The van der Waals surface area contributed by atoms with E-state index in [1.807, 2.05) is 6.07 Å². The first-order valence-electron chi connectivity index (χ1n) is 8.44. The molecule has 1 aromatic rings. The second-order valence-electron chi connectivity index (χ2n) is 6.75. The van der Waals surface area contributed by atoms with Gasteiger partial charge >= 0.3 is 0 Å². The zero-order valence-corrected chi connectivity index (χ0v) is 13.3. The fourth-order valence-corrected chi connectivity index (χ4v) is 3.67. The van der Waals surface area contributed by atoms with Crippen LogP contribution in [0.5, 0.6) is 5.75 Å². The number of nitrogens with zero attached hydrogens (tertiary/aromatic N) is 1. The fourth-order valence-electron chi connectivity index (χ4n) is 3.67.